The zero-order chi connectivity index (χ0) is 22.5. The Kier molecular flexibility index (Phi) is 6.35. The molecule has 0 aliphatic heterocycles. The molecule has 0 saturated carbocycles. The number of aromatic nitrogens is 2. The summed E-state index contributed by atoms with van der Waals surface area (Å²) in [6.45, 7) is 2.38. The molecule has 0 unspecified atom stereocenters. The van der Waals surface area contributed by atoms with Gasteiger partial charge in [-0.2, -0.15) is 0 Å². The standard InChI is InChI=1S/C25H26N4O3/c1-17-24(29-16-6-4-13-22(29)27-17)25(32)26-15-5-2-3-14-23(31)28-20-11-7-10-19-18(20)9-8-12-21(19)30/h4,6-13,16,30H,2-3,5,14-15H2,1H3,(H,26,32)(H,28,31). The van der Waals surface area contributed by atoms with Gasteiger partial charge in [0.2, 0.25) is 5.91 Å². The lowest BCUT2D eigenvalue weighted by atomic mass is 10.1. The summed E-state index contributed by atoms with van der Waals surface area (Å²) < 4.78 is 1.79. The van der Waals surface area contributed by atoms with Gasteiger partial charge in [-0.1, -0.05) is 36.8 Å². The fraction of sp³-hybridized carbons (Fsp3) is 0.240. The molecule has 0 fully saturated rings. The quantitative estimate of drug-likeness (QED) is 0.360. The molecule has 2 aromatic carbocycles. The zero-order valence-corrected chi connectivity index (χ0v) is 18.0. The number of pyridine rings is 1. The van der Waals surface area contributed by atoms with Crippen LogP contribution in [0.15, 0.2) is 60.8 Å². The zero-order valence-electron chi connectivity index (χ0n) is 18.0. The fourth-order valence-electron chi connectivity index (χ4n) is 3.88. The first-order valence-corrected chi connectivity index (χ1v) is 10.8. The number of hydrogen-bond donors (Lipinski definition) is 3. The van der Waals surface area contributed by atoms with Gasteiger partial charge >= 0.3 is 0 Å². The second-order valence-corrected chi connectivity index (χ2v) is 7.77. The van der Waals surface area contributed by atoms with E-state index in [1.165, 1.54) is 0 Å². The van der Waals surface area contributed by atoms with Gasteiger partial charge in [0.15, 0.2) is 0 Å². The number of aryl methyl sites for hydroxylation is 1. The number of phenols is 1. The van der Waals surface area contributed by atoms with E-state index in [-0.39, 0.29) is 17.6 Å². The summed E-state index contributed by atoms with van der Waals surface area (Å²) in [5.74, 6) is -0.0100. The SMILES string of the molecule is Cc1nc2ccccn2c1C(=O)NCCCCCC(=O)Nc1cccc2c(O)cccc12. The number of nitrogens with one attached hydrogen (secondary N) is 2. The van der Waals surface area contributed by atoms with Crippen LogP contribution in [-0.4, -0.2) is 32.9 Å². The molecule has 164 valence electrons. The van der Waals surface area contributed by atoms with Gasteiger partial charge in [-0.15, -0.1) is 0 Å². The van der Waals surface area contributed by atoms with E-state index in [1.807, 2.05) is 55.6 Å². The predicted molar refractivity (Wildman–Crippen MR) is 125 cm³/mol. The minimum Gasteiger partial charge on any atom is -0.507 e. The van der Waals surface area contributed by atoms with E-state index in [2.05, 4.69) is 15.6 Å². The van der Waals surface area contributed by atoms with Crippen LogP contribution in [0.5, 0.6) is 5.75 Å². The monoisotopic (exact) mass is 430 g/mol. The van der Waals surface area contributed by atoms with Crippen molar-refractivity contribution in [1.29, 1.82) is 0 Å². The van der Waals surface area contributed by atoms with Gasteiger partial charge in [0.25, 0.3) is 5.91 Å². The third kappa shape index (κ3) is 4.56. The number of imidazole rings is 1. The van der Waals surface area contributed by atoms with Crippen molar-refractivity contribution in [2.75, 3.05) is 11.9 Å². The van der Waals surface area contributed by atoms with Crippen molar-refractivity contribution < 1.29 is 14.7 Å². The molecule has 7 heteroatoms. The summed E-state index contributed by atoms with van der Waals surface area (Å²) >= 11 is 0. The van der Waals surface area contributed by atoms with Gasteiger partial charge in [0.1, 0.15) is 17.1 Å². The van der Waals surface area contributed by atoms with Crippen LogP contribution < -0.4 is 10.6 Å². The van der Waals surface area contributed by atoms with Crippen LogP contribution in [-0.2, 0) is 4.79 Å². The molecule has 0 bridgehead atoms. The molecule has 0 aliphatic carbocycles. The van der Waals surface area contributed by atoms with E-state index in [9.17, 15) is 14.7 Å². The highest BCUT2D eigenvalue weighted by atomic mass is 16.3. The number of fused-ring (bicyclic) bond motifs is 2. The molecule has 3 N–H and O–H groups in total. The van der Waals surface area contributed by atoms with Crippen molar-refractivity contribution in [3.63, 3.8) is 0 Å². The Morgan fingerprint density at radius 3 is 2.66 bits per heavy atom. The van der Waals surface area contributed by atoms with Crippen molar-refractivity contribution >= 4 is 33.9 Å². The molecule has 0 spiro atoms. The molecular weight excluding hydrogens is 404 g/mol. The summed E-state index contributed by atoms with van der Waals surface area (Å²) in [5.41, 5.74) is 2.70. The van der Waals surface area contributed by atoms with Crippen molar-refractivity contribution in [1.82, 2.24) is 14.7 Å². The lowest BCUT2D eigenvalue weighted by Crippen LogP contribution is -2.26. The minimum atomic E-state index is -0.141. The molecule has 32 heavy (non-hydrogen) atoms. The lowest BCUT2D eigenvalue weighted by Gasteiger charge is -2.10. The number of benzene rings is 2. The molecular formula is C25H26N4O3. The van der Waals surface area contributed by atoms with Crippen LogP contribution in [0.2, 0.25) is 0 Å². The average molecular weight is 431 g/mol. The van der Waals surface area contributed by atoms with E-state index >= 15 is 0 Å². The Labute approximate surface area is 186 Å². The Hall–Kier alpha value is -3.87. The van der Waals surface area contributed by atoms with Crippen LogP contribution in [0.25, 0.3) is 16.4 Å². The van der Waals surface area contributed by atoms with E-state index < -0.39 is 0 Å². The van der Waals surface area contributed by atoms with E-state index in [0.29, 0.717) is 35.4 Å². The van der Waals surface area contributed by atoms with Crippen molar-refractivity contribution in [3.8, 4) is 5.75 Å². The minimum absolute atomic E-state index is 0.0637. The fourth-order valence-corrected chi connectivity index (χ4v) is 3.88. The summed E-state index contributed by atoms with van der Waals surface area (Å²) in [4.78, 5) is 29.3. The van der Waals surface area contributed by atoms with Crippen molar-refractivity contribution in [3.05, 3.63) is 72.2 Å². The Morgan fingerprint density at radius 1 is 0.969 bits per heavy atom. The molecule has 2 aromatic heterocycles. The first-order valence-electron chi connectivity index (χ1n) is 10.8. The lowest BCUT2D eigenvalue weighted by molar-refractivity contribution is -0.116. The highest BCUT2D eigenvalue weighted by Gasteiger charge is 2.15. The first kappa shape index (κ1) is 21.4. The Balaban J connectivity index is 1.21. The molecule has 0 saturated heterocycles. The summed E-state index contributed by atoms with van der Waals surface area (Å²) in [6.07, 6.45) is 4.58. The van der Waals surface area contributed by atoms with Gasteiger partial charge in [-0.05, 0) is 44.0 Å². The van der Waals surface area contributed by atoms with Crippen LogP contribution >= 0.6 is 0 Å². The molecule has 4 rings (SSSR count). The van der Waals surface area contributed by atoms with Crippen LogP contribution in [0, 0.1) is 6.92 Å². The Bertz CT molecular complexity index is 1280. The smallest absolute Gasteiger partial charge is 0.270 e. The summed E-state index contributed by atoms with van der Waals surface area (Å²) in [5, 5.41) is 17.4. The van der Waals surface area contributed by atoms with Gasteiger partial charge in [0, 0.05) is 35.6 Å². The maximum Gasteiger partial charge on any atom is 0.270 e. The number of carbonyl (C=O) groups is 2. The van der Waals surface area contributed by atoms with Crippen molar-refractivity contribution in [2.24, 2.45) is 0 Å². The highest BCUT2D eigenvalue weighted by Crippen LogP contribution is 2.29. The summed E-state index contributed by atoms with van der Waals surface area (Å²) in [7, 11) is 0. The highest BCUT2D eigenvalue weighted by molar-refractivity contribution is 6.03. The number of nitrogens with zero attached hydrogens (tertiary/aromatic N) is 2. The third-order valence-electron chi connectivity index (χ3n) is 5.46. The third-order valence-corrected chi connectivity index (χ3v) is 5.46. The molecule has 2 heterocycles. The van der Waals surface area contributed by atoms with Gasteiger partial charge in [0.05, 0.1) is 5.69 Å². The van der Waals surface area contributed by atoms with Crippen LogP contribution in [0.1, 0.15) is 41.9 Å². The number of unbranched alkanes of at least 4 members (excludes halogenated alkanes) is 2. The second kappa shape index (κ2) is 9.51. The topological polar surface area (TPSA) is 95.7 Å². The van der Waals surface area contributed by atoms with E-state index in [1.54, 1.807) is 16.5 Å². The normalized spacial score (nSPS) is 11.0. The first-order chi connectivity index (χ1) is 15.5. The number of carbonyl (C=O) groups excluding carboxylic acids is 2. The molecule has 7 nitrogen and oxygen atoms in total. The molecule has 0 radical (unpaired) electrons. The number of anilines is 1. The number of amides is 2. The largest absolute Gasteiger partial charge is 0.507 e. The summed E-state index contributed by atoms with van der Waals surface area (Å²) in [6, 6.07) is 16.4. The van der Waals surface area contributed by atoms with E-state index in [4.69, 9.17) is 0 Å². The van der Waals surface area contributed by atoms with Gasteiger partial charge < -0.3 is 15.7 Å². The number of phenolic OH excluding ortho intramolecular Hbond substituents is 1. The maximum absolute atomic E-state index is 12.6. The van der Waals surface area contributed by atoms with Crippen molar-refractivity contribution in [2.45, 2.75) is 32.6 Å². The molecule has 0 atom stereocenters. The van der Waals surface area contributed by atoms with Crippen LogP contribution in [0.3, 0.4) is 0 Å². The van der Waals surface area contributed by atoms with E-state index in [0.717, 1.165) is 30.3 Å². The second-order valence-electron chi connectivity index (χ2n) is 7.77. The van der Waals surface area contributed by atoms with Gasteiger partial charge in [-0.3, -0.25) is 14.0 Å². The molecule has 2 amide bonds. The number of aromatic hydroxyl groups is 1. The van der Waals surface area contributed by atoms with Crippen LogP contribution in [0.4, 0.5) is 5.69 Å². The Morgan fingerprint density at radius 2 is 1.78 bits per heavy atom. The predicted octanol–water partition coefficient (Wildman–Crippen LogP) is 4.43. The maximum atomic E-state index is 12.6. The van der Waals surface area contributed by atoms with Gasteiger partial charge in [-0.25, -0.2) is 4.98 Å². The number of hydrogen-bond acceptors (Lipinski definition) is 4. The average Bonchev–Trinajstić information content (AvgIpc) is 3.12. The molecule has 0 aliphatic rings. The molecule has 4 aromatic rings. The number of rotatable bonds is 8.